The largest absolute Gasteiger partial charge is 0.381 e. The molecule has 0 aliphatic heterocycles. The van der Waals surface area contributed by atoms with E-state index in [1.54, 1.807) is 0 Å². The standard InChI is InChI=1S/C26H44O/c1-6-7-8-17(2)20-9-10-21-19-15-23(27-5)26-16-18(26)11-14-25(26,4)22(19)12-13-24(20,21)3/h17-23H,6-16H2,1-5H3/t17-,18-,19+,20-,21+,22+,23-,24-,25-,26+/m1/s1. The van der Waals surface area contributed by atoms with Crippen LogP contribution in [0.15, 0.2) is 0 Å². The fourth-order valence-corrected chi connectivity index (χ4v) is 10.3. The molecule has 0 bridgehead atoms. The number of ether oxygens (including phenoxy) is 1. The second-order valence-electron chi connectivity index (χ2n) is 12.1. The normalized spacial score (nSPS) is 56.8. The van der Waals surface area contributed by atoms with Gasteiger partial charge in [-0.2, -0.15) is 0 Å². The first-order valence-electron chi connectivity index (χ1n) is 12.4. The topological polar surface area (TPSA) is 9.23 Å². The molecule has 1 nitrogen and oxygen atoms in total. The van der Waals surface area contributed by atoms with E-state index in [4.69, 9.17) is 4.74 Å². The Morgan fingerprint density at radius 1 is 1.04 bits per heavy atom. The first-order chi connectivity index (χ1) is 12.9. The SMILES string of the molecule is CCCC[C@@H](C)[C@H]1CC[C@H]2[C@@H]3C[C@@H](OC)[C@]45C[C@H]4CC[C@]5(C)[C@H]3CC[C@]12C. The van der Waals surface area contributed by atoms with E-state index in [-0.39, 0.29) is 0 Å². The molecular weight excluding hydrogens is 328 g/mol. The molecule has 0 aromatic heterocycles. The predicted octanol–water partition coefficient (Wildman–Crippen LogP) is 7.10. The van der Waals surface area contributed by atoms with Crippen LogP contribution in [0.2, 0.25) is 0 Å². The second-order valence-corrected chi connectivity index (χ2v) is 12.1. The third-order valence-electron chi connectivity index (χ3n) is 11.6. The van der Waals surface area contributed by atoms with Gasteiger partial charge >= 0.3 is 0 Å². The summed E-state index contributed by atoms with van der Waals surface area (Å²) >= 11 is 0. The smallest absolute Gasteiger partial charge is 0.0638 e. The van der Waals surface area contributed by atoms with Gasteiger partial charge in [-0.25, -0.2) is 0 Å². The van der Waals surface area contributed by atoms with E-state index in [1.807, 2.05) is 7.11 Å². The lowest BCUT2D eigenvalue weighted by Crippen LogP contribution is -2.57. The fraction of sp³-hybridized carbons (Fsp3) is 1.00. The molecule has 5 aliphatic carbocycles. The van der Waals surface area contributed by atoms with Gasteiger partial charge in [0.25, 0.3) is 0 Å². The van der Waals surface area contributed by atoms with Crippen LogP contribution in [-0.4, -0.2) is 13.2 Å². The molecule has 0 aromatic carbocycles. The molecule has 0 N–H and O–H groups in total. The highest BCUT2D eigenvalue weighted by atomic mass is 16.5. The first kappa shape index (κ1) is 19.0. The minimum absolute atomic E-state index is 0.565. The lowest BCUT2D eigenvalue weighted by molar-refractivity contribution is -0.161. The van der Waals surface area contributed by atoms with Crippen LogP contribution < -0.4 is 0 Å². The Labute approximate surface area is 168 Å². The molecule has 5 rings (SSSR count). The highest BCUT2D eigenvalue weighted by Gasteiger charge is 2.77. The number of methoxy groups -OCH3 is 1. The van der Waals surface area contributed by atoms with E-state index in [0.717, 1.165) is 35.5 Å². The zero-order chi connectivity index (χ0) is 19.0. The van der Waals surface area contributed by atoms with Crippen LogP contribution >= 0.6 is 0 Å². The molecule has 27 heavy (non-hydrogen) atoms. The van der Waals surface area contributed by atoms with Gasteiger partial charge in [0.2, 0.25) is 0 Å². The zero-order valence-electron chi connectivity index (χ0n) is 18.7. The van der Waals surface area contributed by atoms with Gasteiger partial charge < -0.3 is 4.74 Å². The van der Waals surface area contributed by atoms with Gasteiger partial charge in [0.05, 0.1) is 6.10 Å². The highest BCUT2D eigenvalue weighted by molar-refractivity contribution is 5.26. The Morgan fingerprint density at radius 3 is 2.56 bits per heavy atom. The van der Waals surface area contributed by atoms with Crippen LogP contribution in [0.4, 0.5) is 0 Å². The van der Waals surface area contributed by atoms with E-state index in [1.165, 1.54) is 70.6 Å². The Bertz CT molecular complexity index is 585. The maximum absolute atomic E-state index is 6.27. The average molecular weight is 373 g/mol. The lowest BCUT2D eigenvalue weighted by Gasteiger charge is -2.61. The molecule has 154 valence electrons. The summed E-state index contributed by atoms with van der Waals surface area (Å²) in [5.41, 5.74) is 1.80. The first-order valence-corrected chi connectivity index (χ1v) is 12.4. The van der Waals surface area contributed by atoms with Gasteiger partial charge in [0.15, 0.2) is 0 Å². The molecule has 5 fully saturated rings. The molecule has 0 radical (unpaired) electrons. The number of hydrogen-bond acceptors (Lipinski definition) is 1. The predicted molar refractivity (Wildman–Crippen MR) is 113 cm³/mol. The molecule has 5 saturated carbocycles. The average Bonchev–Trinajstić information content (AvgIpc) is 3.16. The van der Waals surface area contributed by atoms with Crippen molar-refractivity contribution in [2.45, 2.75) is 104 Å². The third kappa shape index (κ3) is 2.27. The Morgan fingerprint density at radius 2 is 1.85 bits per heavy atom. The summed E-state index contributed by atoms with van der Waals surface area (Å²) in [7, 11) is 2.03. The van der Waals surface area contributed by atoms with Crippen molar-refractivity contribution in [3.8, 4) is 0 Å². The van der Waals surface area contributed by atoms with Gasteiger partial charge in [-0.1, -0.05) is 47.0 Å². The quantitative estimate of drug-likeness (QED) is 0.500. The molecular formula is C26H44O. The highest BCUT2D eigenvalue weighted by Crippen LogP contribution is 2.82. The van der Waals surface area contributed by atoms with Gasteiger partial charge in [-0.3, -0.25) is 0 Å². The minimum atomic E-state index is 0.565. The van der Waals surface area contributed by atoms with Gasteiger partial charge in [0, 0.05) is 12.5 Å². The Kier molecular flexibility index (Phi) is 4.37. The van der Waals surface area contributed by atoms with Crippen LogP contribution in [0, 0.1) is 51.8 Å². The molecule has 0 saturated heterocycles. The van der Waals surface area contributed by atoms with Crippen molar-refractivity contribution in [1.29, 1.82) is 0 Å². The van der Waals surface area contributed by atoms with E-state index in [0.29, 0.717) is 22.3 Å². The Hall–Kier alpha value is -0.0400. The number of rotatable bonds is 5. The van der Waals surface area contributed by atoms with Crippen molar-refractivity contribution in [1.82, 2.24) is 0 Å². The van der Waals surface area contributed by atoms with E-state index in [9.17, 15) is 0 Å². The summed E-state index contributed by atoms with van der Waals surface area (Å²) in [5.74, 6) is 5.85. The maximum Gasteiger partial charge on any atom is 0.0638 e. The second kappa shape index (κ2) is 6.23. The van der Waals surface area contributed by atoms with Crippen molar-refractivity contribution in [3.63, 3.8) is 0 Å². The lowest BCUT2D eigenvalue weighted by atomic mass is 9.45. The molecule has 10 atom stereocenters. The molecule has 0 aromatic rings. The number of hydrogen-bond donors (Lipinski definition) is 0. The van der Waals surface area contributed by atoms with Gasteiger partial charge in [0.1, 0.15) is 0 Å². The van der Waals surface area contributed by atoms with Crippen LogP contribution in [0.1, 0.15) is 98.3 Å². The monoisotopic (exact) mass is 372 g/mol. The fourth-order valence-electron chi connectivity index (χ4n) is 10.3. The van der Waals surface area contributed by atoms with Crippen LogP contribution in [0.5, 0.6) is 0 Å². The minimum Gasteiger partial charge on any atom is -0.381 e. The summed E-state index contributed by atoms with van der Waals surface area (Å²) in [6.07, 6.45) is 16.8. The molecule has 5 aliphatic rings. The van der Waals surface area contributed by atoms with Gasteiger partial charge in [-0.05, 0) is 97.7 Å². The van der Waals surface area contributed by atoms with Crippen LogP contribution in [0.3, 0.4) is 0 Å². The van der Waals surface area contributed by atoms with Gasteiger partial charge in [-0.15, -0.1) is 0 Å². The van der Waals surface area contributed by atoms with E-state index in [2.05, 4.69) is 27.7 Å². The molecule has 1 spiro atoms. The van der Waals surface area contributed by atoms with Crippen LogP contribution in [0.25, 0.3) is 0 Å². The summed E-state index contributed by atoms with van der Waals surface area (Å²) < 4.78 is 6.27. The molecule has 0 amide bonds. The van der Waals surface area contributed by atoms with Crippen molar-refractivity contribution in [3.05, 3.63) is 0 Å². The maximum atomic E-state index is 6.27. The van der Waals surface area contributed by atoms with E-state index >= 15 is 0 Å². The molecule has 1 heteroatoms. The molecule has 0 unspecified atom stereocenters. The summed E-state index contributed by atoms with van der Waals surface area (Å²) in [6.45, 7) is 10.4. The summed E-state index contributed by atoms with van der Waals surface area (Å²) in [6, 6.07) is 0. The van der Waals surface area contributed by atoms with Crippen molar-refractivity contribution in [2.75, 3.05) is 7.11 Å². The third-order valence-corrected chi connectivity index (χ3v) is 11.6. The van der Waals surface area contributed by atoms with E-state index < -0.39 is 0 Å². The number of unbranched alkanes of at least 4 members (excludes halogenated alkanes) is 1. The summed E-state index contributed by atoms with van der Waals surface area (Å²) in [5, 5.41) is 0. The van der Waals surface area contributed by atoms with Crippen LogP contribution in [-0.2, 0) is 4.74 Å². The summed E-state index contributed by atoms with van der Waals surface area (Å²) in [4.78, 5) is 0. The zero-order valence-corrected chi connectivity index (χ0v) is 18.7. The van der Waals surface area contributed by atoms with Crippen molar-refractivity contribution >= 4 is 0 Å². The van der Waals surface area contributed by atoms with Crippen molar-refractivity contribution in [2.24, 2.45) is 51.8 Å². The van der Waals surface area contributed by atoms with Crippen molar-refractivity contribution < 1.29 is 4.74 Å². The Balaban J connectivity index is 1.42. The molecule has 0 heterocycles. The number of fused-ring (bicyclic) bond motifs is 4.